The number of aryl methyl sites for hydroxylation is 2. The van der Waals surface area contributed by atoms with E-state index in [4.69, 9.17) is 4.74 Å². The summed E-state index contributed by atoms with van der Waals surface area (Å²) >= 11 is 1.69. The Kier molecular flexibility index (Phi) is 5.35. The molecule has 0 bridgehead atoms. The molecule has 1 aromatic heterocycles. The van der Waals surface area contributed by atoms with Crippen molar-refractivity contribution >= 4 is 17.4 Å². The van der Waals surface area contributed by atoms with E-state index in [0.29, 0.717) is 13.1 Å². The van der Waals surface area contributed by atoms with E-state index in [1.165, 1.54) is 11.1 Å². The van der Waals surface area contributed by atoms with Gasteiger partial charge < -0.3 is 15.0 Å². The maximum Gasteiger partial charge on any atom is 0.317 e. The third kappa shape index (κ3) is 3.87. The molecule has 0 spiro atoms. The molecule has 1 aromatic carbocycles. The lowest BCUT2D eigenvalue weighted by Crippen LogP contribution is -2.43. The summed E-state index contributed by atoms with van der Waals surface area (Å²) in [6.45, 7) is 4.05. The lowest BCUT2D eigenvalue weighted by Gasteiger charge is -2.29. The highest BCUT2D eigenvalue weighted by Crippen LogP contribution is 2.27. The molecule has 0 fully saturated rings. The van der Waals surface area contributed by atoms with E-state index in [9.17, 15) is 4.79 Å². The molecule has 128 valence electrons. The van der Waals surface area contributed by atoms with E-state index < -0.39 is 0 Å². The molecule has 0 atom stereocenters. The van der Waals surface area contributed by atoms with Crippen LogP contribution in [0.25, 0.3) is 0 Å². The first-order chi connectivity index (χ1) is 11.7. The van der Waals surface area contributed by atoms with E-state index in [2.05, 4.69) is 21.7 Å². The Hall–Kier alpha value is -2.08. The molecule has 0 radical (unpaired) electrons. The fraction of sp³-hybridized carbons (Fsp3) is 0.444. The smallest absolute Gasteiger partial charge is 0.317 e. The monoisotopic (exact) mass is 345 g/mol. The molecular weight excluding hydrogens is 322 g/mol. The number of nitrogens with zero attached hydrogens (tertiary/aromatic N) is 2. The molecular formula is C18H23N3O2S. The minimum absolute atomic E-state index is 0.0128. The van der Waals surface area contributed by atoms with Gasteiger partial charge in [0.1, 0.15) is 5.75 Å². The average molecular weight is 345 g/mol. The summed E-state index contributed by atoms with van der Waals surface area (Å²) in [5, 5.41) is 6.22. The van der Waals surface area contributed by atoms with Crippen molar-refractivity contribution in [2.24, 2.45) is 0 Å². The summed E-state index contributed by atoms with van der Waals surface area (Å²) in [6, 6.07) is 6.05. The second kappa shape index (κ2) is 7.66. The molecule has 1 aliphatic rings. The van der Waals surface area contributed by atoms with Crippen LogP contribution in [0.4, 0.5) is 4.79 Å². The van der Waals surface area contributed by atoms with Gasteiger partial charge in [-0.2, -0.15) is 0 Å². The highest BCUT2D eigenvalue weighted by molar-refractivity contribution is 7.09. The summed E-state index contributed by atoms with van der Waals surface area (Å²) in [7, 11) is 1.69. The zero-order valence-electron chi connectivity index (χ0n) is 14.2. The number of aromatic nitrogens is 1. The predicted molar refractivity (Wildman–Crippen MR) is 95.7 cm³/mol. The third-order valence-corrected chi connectivity index (χ3v) is 5.27. The number of methoxy groups -OCH3 is 1. The first kappa shape index (κ1) is 16.8. The van der Waals surface area contributed by atoms with Crippen molar-refractivity contribution < 1.29 is 9.53 Å². The number of hydrogen-bond acceptors (Lipinski definition) is 4. The lowest BCUT2D eigenvalue weighted by atomic mass is 9.99. The highest BCUT2D eigenvalue weighted by Gasteiger charge is 2.22. The molecule has 0 saturated heterocycles. The van der Waals surface area contributed by atoms with Gasteiger partial charge in [0.05, 0.1) is 12.1 Å². The number of urea groups is 1. The Morgan fingerprint density at radius 3 is 3.08 bits per heavy atom. The van der Waals surface area contributed by atoms with Crippen LogP contribution >= 0.6 is 11.3 Å². The maximum atomic E-state index is 12.3. The highest BCUT2D eigenvalue weighted by atomic mass is 32.1. The van der Waals surface area contributed by atoms with Gasteiger partial charge in [0, 0.05) is 42.7 Å². The van der Waals surface area contributed by atoms with Gasteiger partial charge in [0.25, 0.3) is 0 Å². The number of nitrogens with one attached hydrogen (secondary N) is 1. The first-order valence-corrected chi connectivity index (χ1v) is 9.14. The van der Waals surface area contributed by atoms with Gasteiger partial charge in [-0.1, -0.05) is 12.1 Å². The summed E-state index contributed by atoms with van der Waals surface area (Å²) in [5.41, 5.74) is 3.47. The van der Waals surface area contributed by atoms with E-state index >= 15 is 0 Å². The lowest BCUT2D eigenvalue weighted by molar-refractivity contribution is 0.192. The van der Waals surface area contributed by atoms with Gasteiger partial charge in [-0.05, 0) is 31.4 Å². The third-order valence-electron chi connectivity index (χ3n) is 4.24. The molecule has 3 rings (SSSR count). The number of amides is 2. The van der Waals surface area contributed by atoms with Crippen LogP contribution < -0.4 is 10.1 Å². The van der Waals surface area contributed by atoms with Crippen molar-refractivity contribution in [2.75, 3.05) is 20.2 Å². The summed E-state index contributed by atoms with van der Waals surface area (Å²) in [5.74, 6) is 0.922. The molecule has 2 aromatic rings. The Bertz CT molecular complexity index is 714. The fourth-order valence-electron chi connectivity index (χ4n) is 3.00. The molecule has 5 nitrogen and oxygen atoms in total. The summed E-state index contributed by atoms with van der Waals surface area (Å²) < 4.78 is 5.41. The number of benzene rings is 1. The molecule has 6 heteroatoms. The van der Waals surface area contributed by atoms with E-state index in [-0.39, 0.29) is 6.03 Å². The van der Waals surface area contributed by atoms with Gasteiger partial charge in [0.2, 0.25) is 0 Å². The largest absolute Gasteiger partial charge is 0.496 e. The molecule has 1 N–H and O–H groups in total. The van der Waals surface area contributed by atoms with Crippen LogP contribution in [-0.2, 0) is 19.4 Å². The van der Waals surface area contributed by atoms with Crippen molar-refractivity contribution in [2.45, 2.75) is 32.7 Å². The van der Waals surface area contributed by atoms with Crippen LogP contribution in [0.1, 0.15) is 28.2 Å². The molecule has 0 unspecified atom stereocenters. The van der Waals surface area contributed by atoms with Crippen molar-refractivity contribution in [1.82, 2.24) is 15.2 Å². The van der Waals surface area contributed by atoms with Gasteiger partial charge in [-0.3, -0.25) is 0 Å². The number of hydrogen-bond donors (Lipinski definition) is 1. The minimum atomic E-state index is 0.0128. The standard InChI is InChI=1S/C18H23N3O2S/c1-13-12-24-17(20-13)7-4-9-19-18(22)21-10-8-15-14(11-21)5-3-6-16(15)23-2/h3,5-6,12H,4,7-11H2,1-2H3,(H,19,22). The van der Waals surface area contributed by atoms with Crippen LogP contribution in [-0.4, -0.2) is 36.1 Å². The van der Waals surface area contributed by atoms with Crippen LogP contribution in [0.15, 0.2) is 23.6 Å². The number of thiazole rings is 1. The molecule has 1 aliphatic heterocycles. The average Bonchev–Trinajstić information content (AvgIpc) is 3.02. The van der Waals surface area contributed by atoms with Crippen LogP contribution in [0.5, 0.6) is 5.75 Å². The zero-order valence-corrected chi connectivity index (χ0v) is 15.0. The minimum Gasteiger partial charge on any atom is -0.496 e. The first-order valence-electron chi connectivity index (χ1n) is 8.26. The SMILES string of the molecule is COc1cccc2c1CCN(C(=O)NCCCc1nc(C)cs1)C2. The zero-order chi connectivity index (χ0) is 16.9. The molecule has 24 heavy (non-hydrogen) atoms. The van der Waals surface area contributed by atoms with E-state index in [0.717, 1.165) is 42.3 Å². The summed E-state index contributed by atoms with van der Waals surface area (Å²) in [4.78, 5) is 18.7. The van der Waals surface area contributed by atoms with Gasteiger partial charge in [0.15, 0.2) is 0 Å². The van der Waals surface area contributed by atoms with Gasteiger partial charge in [-0.15, -0.1) is 11.3 Å². The molecule has 2 amide bonds. The van der Waals surface area contributed by atoms with E-state index in [1.807, 2.05) is 24.0 Å². The van der Waals surface area contributed by atoms with E-state index in [1.54, 1.807) is 18.4 Å². The van der Waals surface area contributed by atoms with Crippen molar-refractivity contribution in [3.05, 3.63) is 45.4 Å². The van der Waals surface area contributed by atoms with Gasteiger partial charge in [-0.25, -0.2) is 9.78 Å². The fourth-order valence-corrected chi connectivity index (χ4v) is 3.82. The van der Waals surface area contributed by atoms with Crippen molar-refractivity contribution in [3.63, 3.8) is 0 Å². The predicted octanol–water partition coefficient (Wildman–Crippen LogP) is 3.16. The molecule has 0 aliphatic carbocycles. The van der Waals surface area contributed by atoms with Crippen LogP contribution in [0.2, 0.25) is 0 Å². The maximum absolute atomic E-state index is 12.3. The number of rotatable bonds is 5. The quantitative estimate of drug-likeness (QED) is 0.847. The van der Waals surface area contributed by atoms with Crippen LogP contribution in [0.3, 0.4) is 0 Å². The Labute approximate surface area is 146 Å². The number of carbonyl (C=O) groups is 1. The number of carbonyl (C=O) groups excluding carboxylic acids is 1. The number of ether oxygens (including phenoxy) is 1. The van der Waals surface area contributed by atoms with Gasteiger partial charge >= 0.3 is 6.03 Å². The molecule has 0 saturated carbocycles. The second-order valence-corrected chi connectivity index (χ2v) is 6.93. The topological polar surface area (TPSA) is 54.5 Å². The summed E-state index contributed by atoms with van der Waals surface area (Å²) in [6.07, 6.45) is 2.67. The van der Waals surface area contributed by atoms with Crippen molar-refractivity contribution in [3.8, 4) is 5.75 Å². The normalized spacial score (nSPS) is 13.5. The molecule has 2 heterocycles. The second-order valence-electron chi connectivity index (χ2n) is 5.99. The Morgan fingerprint density at radius 1 is 1.46 bits per heavy atom. The Balaban J connectivity index is 1.47. The van der Waals surface area contributed by atoms with Crippen LogP contribution in [0, 0.1) is 6.92 Å². The number of fused-ring (bicyclic) bond motifs is 1. The van der Waals surface area contributed by atoms with Crippen molar-refractivity contribution in [1.29, 1.82) is 0 Å². The Morgan fingerprint density at radius 2 is 2.33 bits per heavy atom.